The van der Waals surface area contributed by atoms with Gasteiger partial charge in [0.2, 0.25) is 5.88 Å². The van der Waals surface area contributed by atoms with Crippen molar-refractivity contribution in [3.05, 3.63) is 54.0 Å². The first-order chi connectivity index (χ1) is 18.9. The molecule has 0 saturated carbocycles. The lowest BCUT2D eigenvalue weighted by Gasteiger charge is -2.28. The molecule has 1 amide bonds. The van der Waals surface area contributed by atoms with Gasteiger partial charge in [0.15, 0.2) is 17.3 Å². The number of ether oxygens (including phenoxy) is 2. The molecule has 6 rings (SSSR count). The number of carbonyl (C=O) groups excluding carboxylic acids is 1. The Morgan fingerprint density at radius 3 is 2.69 bits per heavy atom. The van der Waals surface area contributed by atoms with Crippen molar-refractivity contribution in [3.63, 3.8) is 0 Å². The van der Waals surface area contributed by atoms with Crippen molar-refractivity contribution in [2.24, 2.45) is 0 Å². The predicted molar refractivity (Wildman–Crippen MR) is 139 cm³/mol. The minimum absolute atomic E-state index is 0.0149. The van der Waals surface area contributed by atoms with Gasteiger partial charge in [0, 0.05) is 36.4 Å². The third-order valence-electron chi connectivity index (χ3n) is 7.39. The molecule has 3 aromatic heterocycles. The van der Waals surface area contributed by atoms with E-state index in [0.717, 1.165) is 37.6 Å². The number of carbonyl (C=O) groups is 1. The SMILES string of the molecule is CNC(=O)c1cc(F)c(F)c(-c2cnc3cc(-c4cnn(C5CCN(C)CC5)c4)c(O[C@H]4CCOC4)nn23)c1. The van der Waals surface area contributed by atoms with Gasteiger partial charge in [-0.1, -0.05) is 0 Å². The van der Waals surface area contributed by atoms with Crippen molar-refractivity contribution < 1.29 is 23.0 Å². The van der Waals surface area contributed by atoms with E-state index in [1.54, 1.807) is 12.3 Å². The van der Waals surface area contributed by atoms with E-state index in [2.05, 4.69) is 27.3 Å². The number of nitrogens with zero attached hydrogens (tertiary/aromatic N) is 6. The van der Waals surface area contributed by atoms with Crippen molar-refractivity contribution in [1.29, 1.82) is 0 Å². The van der Waals surface area contributed by atoms with Crippen molar-refractivity contribution in [2.75, 3.05) is 40.4 Å². The highest BCUT2D eigenvalue weighted by Crippen LogP contribution is 2.34. The molecule has 0 radical (unpaired) electrons. The highest BCUT2D eigenvalue weighted by Gasteiger charge is 2.25. The number of piperidine rings is 1. The average molecular weight is 538 g/mol. The van der Waals surface area contributed by atoms with Gasteiger partial charge in [-0.2, -0.15) is 5.10 Å². The van der Waals surface area contributed by atoms with E-state index in [9.17, 15) is 13.6 Å². The Bertz CT molecular complexity index is 1520. The number of hydrogen-bond acceptors (Lipinski definition) is 7. The average Bonchev–Trinajstić information content (AvgIpc) is 3.71. The number of halogens is 2. The molecular formula is C27H29F2N7O3. The molecule has 0 aliphatic carbocycles. The van der Waals surface area contributed by atoms with Crippen LogP contribution in [-0.4, -0.2) is 81.7 Å². The van der Waals surface area contributed by atoms with Gasteiger partial charge in [-0.15, -0.1) is 5.10 Å². The zero-order valence-electron chi connectivity index (χ0n) is 21.7. The summed E-state index contributed by atoms with van der Waals surface area (Å²) in [7, 11) is 3.54. The van der Waals surface area contributed by atoms with Gasteiger partial charge in [0.25, 0.3) is 5.91 Å². The number of aromatic nitrogens is 5. The molecule has 2 aliphatic rings. The Balaban J connectivity index is 1.44. The van der Waals surface area contributed by atoms with Gasteiger partial charge >= 0.3 is 0 Å². The molecule has 204 valence electrons. The summed E-state index contributed by atoms with van der Waals surface area (Å²) in [4.78, 5) is 18.9. The molecule has 0 bridgehead atoms. The molecule has 2 saturated heterocycles. The van der Waals surface area contributed by atoms with Crippen molar-refractivity contribution in [2.45, 2.75) is 31.4 Å². The lowest BCUT2D eigenvalue weighted by Crippen LogP contribution is -2.31. The van der Waals surface area contributed by atoms with Crippen LogP contribution in [0.1, 0.15) is 35.7 Å². The highest BCUT2D eigenvalue weighted by atomic mass is 19.2. The van der Waals surface area contributed by atoms with Crippen LogP contribution in [0.3, 0.4) is 0 Å². The van der Waals surface area contributed by atoms with Gasteiger partial charge in [0.05, 0.1) is 42.9 Å². The zero-order chi connectivity index (χ0) is 27.1. The fraction of sp³-hybridized carbons (Fsp3) is 0.407. The summed E-state index contributed by atoms with van der Waals surface area (Å²) in [5.41, 5.74) is 1.96. The van der Waals surface area contributed by atoms with Crippen molar-refractivity contribution in [1.82, 2.24) is 34.6 Å². The molecule has 39 heavy (non-hydrogen) atoms. The molecule has 1 atom stereocenters. The first-order valence-electron chi connectivity index (χ1n) is 13.0. The van der Waals surface area contributed by atoms with Gasteiger partial charge in [-0.25, -0.2) is 18.3 Å². The molecule has 10 nitrogen and oxygen atoms in total. The predicted octanol–water partition coefficient (Wildman–Crippen LogP) is 3.33. The van der Waals surface area contributed by atoms with Gasteiger partial charge in [-0.3, -0.25) is 9.48 Å². The standard InChI is InChI=1S/C27H29F2N7O3/c1-30-26(37)16-9-21(25(29)22(28)10-16)23-13-31-24-11-20(27(33-36(23)24)39-19-5-8-38-15-19)17-12-32-35(14-17)18-3-6-34(2)7-4-18/h9-14,18-19H,3-8,15H2,1-2H3,(H,30,37)/t19-/m0/s1. The van der Waals surface area contributed by atoms with Gasteiger partial charge in [0.1, 0.15) is 6.10 Å². The number of fused-ring (bicyclic) bond motifs is 1. The third-order valence-corrected chi connectivity index (χ3v) is 7.39. The summed E-state index contributed by atoms with van der Waals surface area (Å²) in [6.07, 6.45) is 7.72. The monoisotopic (exact) mass is 537 g/mol. The highest BCUT2D eigenvalue weighted by molar-refractivity contribution is 5.95. The number of amides is 1. The lowest BCUT2D eigenvalue weighted by atomic mass is 10.1. The second-order valence-electron chi connectivity index (χ2n) is 10.0. The molecule has 2 aliphatic heterocycles. The van der Waals surface area contributed by atoms with Crippen LogP contribution < -0.4 is 10.1 Å². The van der Waals surface area contributed by atoms with Crippen LogP contribution in [0, 0.1) is 11.6 Å². The molecule has 4 aromatic rings. The molecule has 0 unspecified atom stereocenters. The summed E-state index contributed by atoms with van der Waals surface area (Å²) in [5, 5.41) is 11.8. The smallest absolute Gasteiger partial charge is 0.251 e. The molecule has 5 heterocycles. The maximum absolute atomic E-state index is 15.0. The topological polar surface area (TPSA) is 98.8 Å². The summed E-state index contributed by atoms with van der Waals surface area (Å²) < 4.78 is 44.6. The van der Waals surface area contributed by atoms with Crippen LogP contribution in [0.15, 0.2) is 36.8 Å². The van der Waals surface area contributed by atoms with Crippen molar-refractivity contribution >= 4 is 11.6 Å². The Labute approximate surface area is 223 Å². The quantitative estimate of drug-likeness (QED) is 0.403. The first-order valence-corrected chi connectivity index (χ1v) is 13.0. The number of imidazole rings is 1. The fourth-order valence-corrected chi connectivity index (χ4v) is 5.13. The largest absolute Gasteiger partial charge is 0.470 e. The van der Waals surface area contributed by atoms with Crippen LogP contribution in [0.2, 0.25) is 0 Å². The fourth-order valence-electron chi connectivity index (χ4n) is 5.13. The van der Waals surface area contributed by atoms with E-state index < -0.39 is 17.5 Å². The van der Waals surface area contributed by atoms with E-state index in [1.165, 1.54) is 23.8 Å². The Hall–Kier alpha value is -3.90. The van der Waals surface area contributed by atoms with E-state index in [0.29, 0.717) is 42.8 Å². The second kappa shape index (κ2) is 10.3. The van der Waals surface area contributed by atoms with E-state index in [4.69, 9.17) is 14.6 Å². The van der Waals surface area contributed by atoms with Crippen LogP contribution in [0.25, 0.3) is 28.0 Å². The minimum atomic E-state index is -1.14. The summed E-state index contributed by atoms with van der Waals surface area (Å²) in [5.74, 6) is -2.46. The summed E-state index contributed by atoms with van der Waals surface area (Å²) in [6, 6.07) is 4.26. The number of nitrogens with one attached hydrogen (secondary N) is 1. The van der Waals surface area contributed by atoms with Gasteiger partial charge in [-0.05, 0) is 51.2 Å². The third kappa shape index (κ3) is 4.85. The van der Waals surface area contributed by atoms with Crippen LogP contribution in [0.5, 0.6) is 5.88 Å². The Morgan fingerprint density at radius 1 is 1.13 bits per heavy atom. The molecule has 12 heteroatoms. The second-order valence-corrected chi connectivity index (χ2v) is 10.0. The summed E-state index contributed by atoms with van der Waals surface area (Å²) >= 11 is 0. The van der Waals surface area contributed by atoms with E-state index >= 15 is 0 Å². The van der Waals surface area contributed by atoms with Gasteiger partial charge < -0.3 is 19.7 Å². The van der Waals surface area contributed by atoms with Crippen LogP contribution >= 0.6 is 0 Å². The number of rotatable bonds is 6. The number of likely N-dealkylation sites (tertiary alicyclic amines) is 1. The van der Waals surface area contributed by atoms with Crippen LogP contribution in [0.4, 0.5) is 8.78 Å². The number of benzene rings is 1. The molecule has 0 spiro atoms. The van der Waals surface area contributed by atoms with E-state index in [-0.39, 0.29) is 22.9 Å². The zero-order valence-corrected chi connectivity index (χ0v) is 21.7. The summed E-state index contributed by atoms with van der Waals surface area (Å²) in [6.45, 7) is 3.04. The maximum atomic E-state index is 15.0. The van der Waals surface area contributed by atoms with Crippen LogP contribution in [-0.2, 0) is 4.74 Å². The maximum Gasteiger partial charge on any atom is 0.251 e. The molecular weight excluding hydrogens is 508 g/mol. The normalized spacial score (nSPS) is 18.6. The van der Waals surface area contributed by atoms with E-state index in [1.807, 2.05) is 10.9 Å². The molecule has 2 fully saturated rings. The molecule has 1 N–H and O–H groups in total. The Kier molecular flexibility index (Phi) is 6.73. The number of hydrogen-bond donors (Lipinski definition) is 1. The molecule has 1 aromatic carbocycles. The van der Waals surface area contributed by atoms with Crippen molar-refractivity contribution in [3.8, 4) is 28.3 Å². The minimum Gasteiger partial charge on any atom is -0.470 e. The Morgan fingerprint density at radius 2 is 1.95 bits per heavy atom. The lowest BCUT2D eigenvalue weighted by molar-refractivity contribution is 0.0962. The first kappa shape index (κ1) is 25.4.